The largest absolute Gasteiger partial charge is 0.507 e. The lowest BCUT2D eigenvalue weighted by atomic mass is 9.55. The normalized spacial score (nSPS) is 18.3. The van der Waals surface area contributed by atoms with Crippen LogP contribution in [0.1, 0.15) is 93.5 Å². The van der Waals surface area contributed by atoms with E-state index >= 15 is 0 Å². The van der Waals surface area contributed by atoms with Gasteiger partial charge in [-0.05, 0) is 130 Å². The molecule has 1 spiro atoms. The maximum Gasteiger partial charge on any atom is 0.221 e. The first kappa shape index (κ1) is 33.2. The minimum atomic E-state index is -0.0382. The van der Waals surface area contributed by atoms with Crippen molar-refractivity contribution in [2.24, 2.45) is 5.41 Å². The van der Waals surface area contributed by atoms with Crippen LogP contribution in [-0.2, 0) is 23.7 Å². The summed E-state index contributed by atoms with van der Waals surface area (Å²) in [6, 6.07) is 38.3. The Morgan fingerprint density at radius 1 is 0.722 bits per heavy atom. The summed E-state index contributed by atoms with van der Waals surface area (Å²) in [7, 11) is 0. The summed E-state index contributed by atoms with van der Waals surface area (Å²) >= 11 is 0. The molecule has 7 aromatic rings. The third kappa shape index (κ3) is 4.76. The van der Waals surface area contributed by atoms with Gasteiger partial charge in [0.15, 0.2) is 5.65 Å². The molecule has 5 nitrogen and oxygen atoms in total. The first-order chi connectivity index (χ1) is 26.2. The minimum absolute atomic E-state index is 0.0226. The molecule has 54 heavy (non-hydrogen) atoms. The van der Waals surface area contributed by atoms with E-state index < -0.39 is 0 Å². The monoisotopic (exact) mass is 709 g/mol. The molecule has 1 saturated carbocycles. The fraction of sp³-hybridized carbons (Fsp3) is 0.306. The van der Waals surface area contributed by atoms with E-state index in [9.17, 15) is 5.11 Å². The molecule has 0 amide bonds. The van der Waals surface area contributed by atoms with Gasteiger partial charge in [0.2, 0.25) is 5.88 Å². The lowest BCUT2D eigenvalue weighted by Gasteiger charge is -2.48. The lowest BCUT2D eigenvalue weighted by Crippen LogP contribution is -2.48. The van der Waals surface area contributed by atoms with Crippen molar-refractivity contribution in [3.63, 3.8) is 0 Å². The number of ether oxygens (including phenoxy) is 1. The fourth-order valence-electron chi connectivity index (χ4n) is 11.0. The molecule has 0 aliphatic heterocycles. The second-order valence-electron chi connectivity index (χ2n) is 17.1. The van der Waals surface area contributed by atoms with E-state index in [1.165, 1.54) is 65.3 Å². The highest BCUT2D eigenvalue weighted by atomic mass is 16.5. The van der Waals surface area contributed by atoms with Crippen molar-refractivity contribution >= 4 is 21.9 Å². The first-order valence-corrected chi connectivity index (χ1v) is 19.7. The van der Waals surface area contributed by atoms with Crippen molar-refractivity contribution in [3.8, 4) is 34.3 Å². The van der Waals surface area contributed by atoms with Crippen molar-refractivity contribution in [1.82, 2.24) is 14.5 Å². The van der Waals surface area contributed by atoms with Gasteiger partial charge < -0.3 is 9.84 Å². The number of nitrogens with zero attached hydrogens (tertiary/aromatic N) is 3. The Hall–Kier alpha value is -5.42. The van der Waals surface area contributed by atoms with Gasteiger partial charge in [0.1, 0.15) is 17.3 Å². The van der Waals surface area contributed by atoms with Crippen LogP contribution < -0.4 is 4.74 Å². The summed E-state index contributed by atoms with van der Waals surface area (Å²) in [5, 5.41) is 13.8. The predicted molar refractivity (Wildman–Crippen MR) is 218 cm³/mol. The standard InChI is InChI=1S/C49H47N3O2/c1-47(2)39-17-8-9-18-40(39)48(3,4)49(47)29-34-21-24-42(53)45(38(34)30-49)33-15-12-16-35(27-33)54-44-25-22-36-37-28-32(31-13-6-5-7-14-31)20-23-41(37)52(46(36)51-44)43-19-10-11-26-50-43/h8-12,15-28,31,53H,5-7,13-14,29-30H2,1-4H3. The quantitative estimate of drug-likeness (QED) is 0.193. The van der Waals surface area contributed by atoms with Crippen molar-refractivity contribution in [2.75, 3.05) is 0 Å². The van der Waals surface area contributed by atoms with E-state index in [1.54, 1.807) is 0 Å². The van der Waals surface area contributed by atoms with Crippen molar-refractivity contribution < 1.29 is 9.84 Å². The average Bonchev–Trinajstić information content (AvgIpc) is 3.79. The third-order valence-corrected chi connectivity index (χ3v) is 13.9. The molecule has 3 heterocycles. The van der Waals surface area contributed by atoms with Crippen LogP contribution in [0.4, 0.5) is 0 Å². The molecule has 1 N–H and O–H groups in total. The SMILES string of the molecule is CC1(C)c2ccccc2C(C)(C)C12Cc1ccc(O)c(-c3cccc(Oc4ccc5c6cc(C7CCCCC7)ccc6n(-c6ccccn6)c5n4)c3)c1C2. The van der Waals surface area contributed by atoms with Gasteiger partial charge in [-0.1, -0.05) is 102 Å². The molecule has 3 aliphatic carbocycles. The highest BCUT2D eigenvalue weighted by Crippen LogP contribution is 2.67. The molecule has 0 atom stereocenters. The fourth-order valence-corrected chi connectivity index (χ4v) is 11.0. The smallest absolute Gasteiger partial charge is 0.221 e. The van der Waals surface area contributed by atoms with Crippen LogP contribution in [0.2, 0.25) is 0 Å². The molecule has 3 aromatic heterocycles. The number of hydrogen-bond donors (Lipinski definition) is 1. The Bertz CT molecular complexity index is 2560. The van der Waals surface area contributed by atoms with Crippen molar-refractivity contribution in [2.45, 2.75) is 89.4 Å². The van der Waals surface area contributed by atoms with E-state index in [0.717, 1.165) is 46.3 Å². The highest BCUT2D eigenvalue weighted by molar-refractivity contribution is 6.08. The molecular formula is C49H47N3O2. The Morgan fingerprint density at radius 2 is 1.50 bits per heavy atom. The number of aromatic nitrogens is 3. The summed E-state index contributed by atoms with van der Waals surface area (Å²) in [5.41, 5.74) is 10.6. The summed E-state index contributed by atoms with van der Waals surface area (Å²) in [5.74, 6) is 2.94. The Balaban J connectivity index is 1.03. The number of fused-ring (bicyclic) bond motifs is 5. The first-order valence-electron chi connectivity index (χ1n) is 19.7. The molecule has 270 valence electrons. The van der Waals surface area contributed by atoms with E-state index in [0.29, 0.717) is 23.3 Å². The molecule has 0 saturated heterocycles. The van der Waals surface area contributed by atoms with Crippen LogP contribution >= 0.6 is 0 Å². The second kappa shape index (κ2) is 12.0. The highest BCUT2D eigenvalue weighted by Gasteiger charge is 2.64. The van der Waals surface area contributed by atoms with E-state index in [-0.39, 0.29) is 16.2 Å². The van der Waals surface area contributed by atoms with E-state index in [4.69, 9.17) is 14.7 Å². The topological polar surface area (TPSA) is 60.2 Å². The molecule has 0 bridgehead atoms. The summed E-state index contributed by atoms with van der Waals surface area (Å²) in [6.07, 6.45) is 10.2. The van der Waals surface area contributed by atoms with Gasteiger partial charge in [0.05, 0.1) is 5.52 Å². The van der Waals surface area contributed by atoms with Gasteiger partial charge in [-0.25, -0.2) is 4.98 Å². The third-order valence-electron chi connectivity index (χ3n) is 13.9. The number of aromatic hydroxyl groups is 1. The van der Waals surface area contributed by atoms with E-state index in [2.05, 4.69) is 99.0 Å². The number of benzene rings is 4. The molecular weight excluding hydrogens is 663 g/mol. The molecule has 4 aromatic carbocycles. The summed E-state index contributed by atoms with van der Waals surface area (Å²) in [4.78, 5) is 9.90. The van der Waals surface area contributed by atoms with Crippen LogP contribution in [0.25, 0.3) is 38.9 Å². The molecule has 1 fully saturated rings. The molecule has 5 heteroatoms. The van der Waals surface area contributed by atoms with Gasteiger partial charge in [0.25, 0.3) is 0 Å². The maximum absolute atomic E-state index is 11.5. The zero-order chi connectivity index (χ0) is 36.8. The zero-order valence-corrected chi connectivity index (χ0v) is 31.7. The molecule has 3 aliphatic rings. The molecule has 0 radical (unpaired) electrons. The lowest BCUT2D eigenvalue weighted by molar-refractivity contribution is 0.0889. The van der Waals surface area contributed by atoms with Crippen LogP contribution in [0.3, 0.4) is 0 Å². The van der Waals surface area contributed by atoms with Gasteiger partial charge in [-0.15, -0.1) is 0 Å². The summed E-state index contributed by atoms with van der Waals surface area (Å²) < 4.78 is 8.75. The molecule has 0 unspecified atom stereocenters. The summed E-state index contributed by atoms with van der Waals surface area (Å²) in [6.45, 7) is 9.70. The average molecular weight is 710 g/mol. The maximum atomic E-state index is 11.5. The Kier molecular flexibility index (Phi) is 7.40. The zero-order valence-electron chi connectivity index (χ0n) is 31.7. The number of phenols is 1. The van der Waals surface area contributed by atoms with Crippen LogP contribution in [0, 0.1) is 5.41 Å². The number of pyridine rings is 2. The van der Waals surface area contributed by atoms with Gasteiger partial charge >= 0.3 is 0 Å². The van der Waals surface area contributed by atoms with Crippen LogP contribution in [0.5, 0.6) is 17.4 Å². The molecule has 10 rings (SSSR count). The number of rotatable bonds is 5. The Labute approximate surface area is 317 Å². The number of phenolic OH excluding ortho intramolecular Hbond substituents is 1. The van der Waals surface area contributed by atoms with Crippen molar-refractivity contribution in [1.29, 1.82) is 0 Å². The van der Waals surface area contributed by atoms with Crippen LogP contribution in [-0.4, -0.2) is 19.6 Å². The second-order valence-corrected chi connectivity index (χ2v) is 17.1. The van der Waals surface area contributed by atoms with Crippen LogP contribution in [0.15, 0.2) is 115 Å². The van der Waals surface area contributed by atoms with Gasteiger partial charge in [-0.3, -0.25) is 4.57 Å². The van der Waals surface area contributed by atoms with Gasteiger partial charge in [0, 0.05) is 28.6 Å². The number of hydrogen-bond acceptors (Lipinski definition) is 4. The van der Waals surface area contributed by atoms with Gasteiger partial charge in [-0.2, -0.15) is 4.98 Å². The van der Waals surface area contributed by atoms with Crippen molar-refractivity contribution in [3.05, 3.63) is 143 Å². The Morgan fingerprint density at radius 3 is 2.26 bits per heavy atom. The minimum Gasteiger partial charge on any atom is -0.507 e. The van der Waals surface area contributed by atoms with E-state index in [1.807, 2.05) is 48.7 Å². The predicted octanol–water partition coefficient (Wildman–Crippen LogP) is 12.1.